The van der Waals surface area contributed by atoms with Crippen LogP contribution in [0, 0.1) is 0 Å². The zero-order chi connectivity index (χ0) is 14.2. The third kappa shape index (κ3) is 2.19. The zero-order valence-electron chi connectivity index (χ0n) is 9.23. The highest BCUT2D eigenvalue weighted by Crippen LogP contribution is 2.50. The van der Waals surface area contributed by atoms with E-state index in [-0.39, 0.29) is 12.0 Å². The number of rotatable bonds is 2. The van der Waals surface area contributed by atoms with E-state index in [2.05, 4.69) is 0 Å². The Bertz CT molecular complexity index is 406. The van der Waals surface area contributed by atoms with Gasteiger partial charge in [-0.3, -0.25) is 0 Å². The van der Waals surface area contributed by atoms with Crippen molar-refractivity contribution in [3.8, 4) is 0 Å². The number of aliphatic hydroxyl groups is 1. The minimum Gasteiger partial charge on any atom is -0.369 e. The van der Waals surface area contributed by atoms with Gasteiger partial charge in [0.1, 0.15) is 0 Å². The second-order valence-electron chi connectivity index (χ2n) is 3.72. The van der Waals surface area contributed by atoms with E-state index in [1.54, 1.807) is 0 Å². The van der Waals surface area contributed by atoms with E-state index < -0.39 is 23.5 Å². The van der Waals surface area contributed by atoms with Gasteiger partial charge in [0.2, 0.25) is 0 Å². The fourth-order valence-corrected chi connectivity index (χ4v) is 1.65. The van der Waals surface area contributed by atoms with Gasteiger partial charge in [-0.25, -0.2) is 0 Å². The first kappa shape index (κ1) is 14.8. The molecule has 0 unspecified atom stereocenters. The molecule has 0 aliphatic carbocycles. The number of alkyl halides is 6. The number of halogens is 6. The fraction of sp³-hybridized carbons (Fsp3) is 0.455. The predicted molar refractivity (Wildman–Crippen MR) is 51.8 cm³/mol. The fourth-order valence-electron chi connectivity index (χ4n) is 1.65. The van der Waals surface area contributed by atoms with Crippen LogP contribution in [0.5, 0.6) is 0 Å². The van der Waals surface area contributed by atoms with Gasteiger partial charge in [-0.15, -0.1) is 0 Å². The lowest BCUT2D eigenvalue weighted by Gasteiger charge is -2.34. The van der Waals surface area contributed by atoms with Crippen molar-refractivity contribution in [2.75, 3.05) is 0 Å². The Kier molecular flexibility index (Phi) is 3.67. The van der Waals surface area contributed by atoms with Crippen LogP contribution in [0.25, 0.3) is 0 Å². The summed E-state index contributed by atoms with van der Waals surface area (Å²) in [5.41, 5.74) is -6.21. The highest BCUT2D eigenvalue weighted by atomic mass is 19.4. The van der Waals surface area contributed by atoms with Crippen molar-refractivity contribution in [2.45, 2.75) is 31.3 Å². The summed E-state index contributed by atoms with van der Waals surface area (Å²) in [5.74, 6) is 0. The molecule has 0 aliphatic rings. The van der Waals surface area contributed by atoms with Gasteiger partial charge in [0.15, 0.2) is 0 Å². The SMILES string of the molecule is CCc1ccccc1C(O)(C(F)(F)F)C(F)(F)F. The average Bonchev–Trinajstić information content (AvgIpc) is 2.24. The van der Waals surface area contributed by atoms with E-state index in [1.807, 2.05) is 0 Å². The smallest absolute Gasteiger partial charge is 0.369 e. The summed E-state index contributed by atoms with van der Waals surface area (Å²) in [4.78, 5) is 0. The molecule has 18 heavy (non-hydrogen) atoms. The average molecular weight is 272 g/mol. The summed E-state index contributed by atoms with van der Waals surface area (Å²) in [6.07, 6.45) is -11.7. The largest absolute Gasteiger partial charge is 0.430 e. The molecule has 0 spiro atoms. The Morgan fingerprint density at radius 2 is 1.39 bits per heavy atom. The van der Waals surface area contributed by atoms with Crippen LogP contribution < -0.4 is 0 Å². The zero-order valence-corrected chi connectivity index (χ0v) is 9.23. The number of hydrogen-bond acceptors (Lipinski definition) is 1. The first-order valence-electron chi connectivity index (χ1n) is 5.00. The highest BCUT2D eigenvalue weighted by molar-refractivity contribution is 5.35. The van der Waals surface area contributed by atoms with Crippen molar-refractivity contribution >= 4 is 0 Å². The lowest BCUT2D eigenvalue weighted by Crippen LogP contribution is -2.54. The van der Waals surface area contributed by atoms with Crippen molar-refractivity contribution < 1.29 is 31.4 Å². The summed E-state index contributed by atoms with van der Waals surface area (Å²) >= 11 is 0. The molecular formula is C11H10F6O. The lowest BCUT2D eigenvalue weighted by atomic mass is 9.87. The molecule has 1 aromatic rings. The van der Waals surface area contributed by atoms with Gasteiger partial charge >= 0.3 is 12.4 Å². The summed E-state index contributed by atoms with van der Waals surface area (Å²) in [6, 6.07) is 4.10. The normalized spacial score (nSPS) is 13.8. The topological polar surface area (TPSA) is 20.2 Å². The third-order valence-corrected chi connectivity index (χ3v) is 2.61. The van der Waals surface area contributed by atoms with Crippen LogP contribution in [-0.2, 0) is 12.0 Å². The van der Waals surface area contributed by atoms with Gasteiger partial charge in [0, 0.05) is 5.56 Å². The van der Waals surface area contributed by atoms with Crippen LogP contribution in [0.3, 0.4) is 0 Å². The van der Waals surface area contributed by atoms with Crippen molar-refractivity contribution in [3.63, 3.8) is 0 Å². The van der Waals surface area contributed by atoms with E-state index in [9.17, 15) is 31.4 Å². The van der Waals surface area contributed by atoms with Crippen molar-refractivity contribution in [2.24, 2.45) is 0 Å². The highest BCUT2D eigenvalue weighted by Gasteiger charge is 2.71. The molecule has 0 aliphatic heterocycles. The van der Waals surface area contributed by atoms with E-state index in [0.717, 1.165) is 12.1 Å². The molecule has 1 aromatic carbocycles. The van der Waals surface area contributed by atoms with E-state index in [1.165, 1.54) is 13.0 Å². The van der Waals surface area contributed by atoms with Crippen LogP contribution >= 0.6 is 0 Å². The molecule has 0 fully saturated rings. The molecule has 0 atom stereocenters. The second-order valence-corrected chi connectivity index (χ2v) is 3.72. The molecule has 1 N–H and O–H groups in total. The molecule has 0 saturated heterocycles. The summed E-state index contributed by atoms with van der Waals surface area (Å²) in [7, 11) is 0. The molecule has 1 rings (SSSR count). The first-order valence-corrected chi connectivity index (χ1v) is 5.00. The second kappa shape index (κ2) is 4.46. The van der Waals surface area contributed by atoms with E-state index in [0.29, 0.717) is 6.07 Å². The number of hydrogen-bond donors (Lipinski definition) is 1. The Morgan fingerprint density at radius 1 is 0.944 bits per heavy atom. The number of aryl methyl sites for hydroxylation is 1. The van der Waals surface area contributed by atoms with Crippen LogP contribution in [0.4, 0.5) is 26.3 Å². The predicted octanol–water partition coefficient (Wildman–Crippen LogP) is 3.56. The quantitative estimate of drug-likeness (QED) is 0.816. The van der Waals surface area contributed by atoms with Crippen LogP contribution in [-0.4, -0.2) is 17.5 Å². The minimum absolute atomic E-state index is 0.0509. The van der Waals surface area contributed by atoms with Gasteiger partial charge in [-0.1, -0.05) is 31.2 Å². The lowest BCUT2D eigenvalue weighted by molar-refractivity contribution is -0.376. The summed E-state index contributed by atoms with van der Waals surface area (Å²) in [6.45, 7) is 1.41. The van der Waals surface area contributed by atoms with Crippen LogP contribution in [0.2, 0.25) is 0 Å². The standard InChI is InChI=1S/C11H10F6O/c1-2-7-5-3-4-6-8(7)9(18,10(12,13)14)11(15,16)17/h3-6,18H,2H2,1H3. The van der Waals surface area contributed by atoms with Crippen LogP contribution in [0.15, 0.2) is 24.3 Å². The van der Waals surface area contributed by atoms with Gasteiger partial charge in [-0.2, -0.15) is 26.3 Å². The van der Waals surface area contributed by atoms with E-state index in [4.69, 9.17) is 0 Å². The molecule has 1 nitrogen and oxygen atoms in total. The maximum absolute atomic E-state index is 12.6. The molecule has 0 bridgehead atoms. The Balaban J connectivity index is 3.56. The molecule has 0 radical (unpaired) electrons. The number of benzene rings is 1. The molecule has 0 amide bonds. The summed E-state index contributed by atoms with van der Waals surface area (Å²) < 4.78 is 75.8. The molecular weight excluding hydrogens is 262 g/mol. The van der Waals surface area contributed by atoms with Crippen molar-refractivity contribution in [1.82, 2.24) is 0 Å². The molecule has 7 heteroatoms. The summed E-state index contributed by atoms with van der Waals surface area (Å²) in [5, 5.41) is 9.22. The molecule has 102 valence electrons. The Hall–Kier alpha value is -1.24. The van der Waals surface area contributed by atoms with Gasteiger partial charge in [0.05, 0.1) is 0 Å². The van der Waals surface area contributed by atoms with Crippen LogP contribution in [0.1, 0.15) is 18.1 Å². The maximum Gasteiger partial charge on any atom is 0.430 e. The first-order chi connectivity index (χ1) is 8.05. The minimum atomic E-state index is -5.84. The monoisotopic (exact) mass is 272 g/mol. The van der Waals surface area contributed by atoms with Gasteiger partial charge < -0.3 is 5.11 Å². The Morgan fingerprint density at radius 3 is 1.78 bits per heavy atom. The molecule has 0 heterocycles. The molecule has 0 saturated carbocycles. The van der Waals surface area contributed by atoms with E-state index >= 15 is 0 Å². The van der Waals surface area contributed by atoms with Crippen molar-refractivity contribution in [3.05, 3.63) is 35.4 Å². The third-order valence-electron chi connectivity index (χ3n) is 2.61. The van der Waals surface area contributed by atoms with Gasteiger partial charge in [0.25, 0.3) is 5.60 Å². The van der Waals surface area contributed by atoms with Gasteiger partial charge in [-0.05, 0) is 12.0 Å². The molecule has 0 aromatic heterocycles. The Labute approximate surface area is 99.0 Å². The van der Waals surface area contributed by atoms with Crippen molar-refractivity contribution in [1.29, 1.82) is 0 Å². The maximum atomic E-state index is 12.6.